The first kappa shape index (κ1) is 24.6. The van der Waals surface area contributed by atoms with Gasteiger partial charge in [0.2, 0.25) is 15.9 Å². The molecule has 0 saturated heterocycles. The van der Waals surface area contributed by atoms with Crippen molar-refractivity contribution in [2.24, 2.45) is 0 Å². The number of rotatable bonds is 12. The molecule has 170 valence electrons. The maximum atomic E-state index is 12.9. The highest BCUT2D eigenvalue weighted by atomic mass is 32.2. The number of anilines is 1. The summed E-state index contributed by atoms with van der Waals surface area (Å²) >= 11 is 0. The molecule has 31 heavy (non-hydrogen) atoms. The Balaban J connectivity index is 2.03. The van der Waals surface area contributed by atoms with Crippen LogP contribution in [-0.4, -0.2) is 44.9 Å². The van der Waals surface area contributed by atoms with Crippen molar-refractivity contribution in [3.05, 3.63) is 48.3 Å². The molecule has 0 spiro atoms. The zero-order chi connectivity index (χ0) is 22.9. The monoisotopic (exact) mass is 452 g/mol. The van der Waals surface area contributed by atoms with E-state index < -0.39 is 10.0 Å². The fraction of sp³-hybridized carbons (Fsp3) is 0.409. The molecule has 0 heterocycles. The van der Waals surface area contributed by atoms with E-state index >= 15 is 0 Å². The Bertz CT molecular complexity index is 960. The summed E-state index contributed by atoms with van der Waals surface area (Å²) in [5.74, 6) is 0.287. The second-order valence-electron chi connectivity index (χ2n) is 6.63. The fourth-order valence-electron chi connectivity index (χ4n) is 2.93. The van der Waals surface area contributed by atoms with E-state index in [4.69, 9.17) is 9.47 Å². The summed E-state index contributed by atoms with van der Waals surface area (Å²) in [5, 5.41) is 2.74. The first-order chi connectivity index (χ1) is 14.8. The lowest BCUT2D eigenvalue weighted by atomic mass is 10.2. The van der Waals surface area contributed by atoms with Crippen LogP contribution in [0, 0.1) is 5.82 Å². The highest BCUT2D eigenvalue weighted by Crippen LogP contribution is 2.29. The number of nitrogens with zero attached hydrogens (tertiary/aromatic N) is 1. The second kappa shape index (κ2) is 11.7. The molecule has 0 bridgehead atoms. The average molecular weight is 453 g/mol. The molecule has 0 saturated carbocycles. The number of halogens is 1. The zero-order valence-electron chi connectivity index (χ0n) is 18.1. The third-order valence-corrected chi connectivity index (χ3v) is 6.54. The number of sulfonamides is 1. The topological polar surface area (TPSA) is 84.9 Å². The van der Waals surface area contributed by atoms with E-state index in [-0.39, 0.29) is 29.6 Å². The lowest BCUT2D eigenvalue weighted by Crippen LogP contribution is -2.30. The quantitative estimate of drug-likeness (QED) is 0.491. The smallest absolute Gasteiger partial charge is 0.243 e. The van der Waals surface area contributed by atoms with Gasteiger partial charge in [-0.15, -0.1) is 0 Å². The van der Waals surface area contributed by atoms with Gasteiger partial charge in [0.1, 0.15) is 17.3 Å². The van der Waals surface area contributed by atoms with Gasteiger partial charge in [-0.1, -0.05) is 13.8 Å². The Labute approximate surface area is 183 Å². The van der Waals surface area contributed by atoms with Gasteiger partial charge in [0.15, 0.2) is 0 Å². The van der Waals surface area contributed by atoms with Crippen molar-refractivity contribution in [1.82, 2.24) is 4.31 Å². The number of nitrogens with one attached hydrogen (secondary N) is 1. The minimum absolute atomic E-state index is 0.0922. The number of ether oxygens (including phenoxy) is 2. The minimum atomic E-state index is -3.67. The number of carbonyl (C=O) groups excluding carboxylic acids is 1. The minimum Gasteiger partial charge on any atom is -0.494 e. The van der Waals surface area contributed by atoms with Crippen LogP contribution in [0.25, 0.3) is 0 Å². The summed E-state index contributed by atoms with van der Waals surface area (Å²) in [6, 6.07) is 10.1. The molecule has 9 heteroatoms. The van der Waals surface area contributed by atoms with Crippen LogP contribution in [0.5, 0.6) is 11.5 Å². The molecule has 0 atom stereocenters. The summed E-state index contributed by atoms with van der Waals surface area (Å²) in [7, 11) is -3.67. The Morgan fingerprint density at radius 3 is 2.32 bits per heavy atom. The first-order valence-corrected chi connectivity index (χ1v) is 11.7. The highest BCUT2D eigenvalue weighted by Gasteiger charge is 2.23. The molecule has 0 aromatic heterocycles. The van der Waals surface area contributed by atoms with Crippen molar-refractivity contribution in [2.45, 2.75) is 38.5 Å². The van der Waals surface area contributed by atoms with E-state index in [2.05, 4.69) is 5.32 Å². The Morgan fingerprint density at radius 2 is 1.71 bits per heavy atom. The molecule has 2 rings (SSSR count). The van der Waals surface area contributed by atoms with Crippen LogP contribution in [0.3, 0.4) is 0 Å². The van der Waals surface area contributed by atoms with Gasteiger partial charge in [0.25, 0.3) is 0 Å². The molecule has 0 fully saturated rings. The molecule has 0 aliphatic rings. The van der Waals surface area contributed by atoms with Crippen molar-refractivity contribution in [2.75, 3.05) is 31.6 Å². The zero-order valence-corrected chi connectivity index (χ0v) is 18.9. The summed E-state index contributed by atoms with van der Waals surface area (Å²) in [6.07, 6.45) is 0.602. The maximum Gasteiger partial charge on any atom is 0.243 e. The Kier molecular flexibility index (Phi) is 9.26. The molecule has 0 unspecified atom stereocenters. The van der Waals surface area contributed by atoms with Crippen LogP contribution in [0.15, 0.2) is 47.4 Å². The van der Waals surface area contributed by atoms with Crippen molar-refractivity contribution >= 4 is 21.6 Å². The molecular weight excluding hydrogens is 423 g/mol. The van der Waals surface area contributed by atoms with E-state index in [0.717, 1.165) is 0 Å². The van der Waals surface area contributed by atoms with Gasteiger partial charge in [-0.3, -0.25) is 4.79 Å². The Morgan fingerprint density at radius 1 is 1.03 bits per heavy atom. The lowest BCUT2D eigenvalue weighted by Gasteiger charge is -2.20. The molecule has 2 aromatic carbocycles. The third-order valence-electron chi connectivity index (χ3n) is 4.50. The maximum absolute atomic E-state index is 12.9. The third kappa shape index (κ3) is 6.93. The summed E-state index contributed by atoms with van der Waals surface area (Å²) in [6.45, 7) is 6.70. The molecule has 1 amide bonds. The number of hydrogen-bond acceptors (Lipinski definition) is 5. The van der Waals surface area contributed by atoms with Gasteiger partial charge >= 0.3 is 0 Å². The van der Waals surface area contributed by atoms with Crippen molar-refractivity contribution < 1.29 is 27.1 Å². The summed E-state index contributed by atoms with van der Waals surface area (Å²) < 4.78 is 50.9. The molecule has 2 aromatic rings. The van der Waals surface area contributed by atoms with Gasteiger partial charge < -0.3 is 14.8 Å². The molecule has 0 radical (unpaired) electrons. The van der Waals surface area contributed by atoms with E-state index in [1.54, 1.807) is 26.8 Å². The van der Waals surface area contributed by atoms with Crippen LogP contribution < -0.4 is 14.8 Å². The highest BCUT2D eigenvalue weighted by molar-refractivity contribution is 7.89. The SMILES string of the molecule is CCOc1ccc(S(=O)(=O)N(CC)CC)cc1NC(=O)CCCOc1ccc(F)cc1. The number of hydrogen-bond donors (Lipinski definition) is 1. The fourth-order valence-corrected chi connectivity index (χ4v) is 4.41. The van der Waals surface area contributed by atoms with E-state index in [0.29, 0.717) is 43.3 Å². The van der Waals surface area contributed by atoms with Crippen LogP contribution in [0.4, 0.5) is 10.1 Å². The van der Waals surface area contributed by atoms with Crippen molar-refractivity contribution in [1.29, 1.82) is 0 Å². The molecule has 1 N–H and O–H groups in total. The largest absolute Gasteiger partial charge is 0.494 e. The summed E-state index contributed by atoms with van der Waals surface area (Å²) in [5.41, 5.74) is 0.305. The van der Waals surface area contributed by atoms with Crippen LogP contribution in [-0.2, 0) is 14.8 Å². The van der Waals surface area contributed by atoms with Crippen molar-refractivity contribution in [3.63, 3.8) is 0 Å². The number of benzene rings is 2. The van der Waals surface area contributed by atoms with Gasteiger partial charge in [-0.05, 0) is 55.8 Å². The normalized spacial score (nSPS) is 11.4. The first-order valence-electron chi connectivity index (χ1n) is 10.3. The summed E-state index contributed by atoms with van der Waals surface area (Å²) in [4.78, 5) is 12.5. The van der Waals surface area contributed by atoms with Crippen LogP contribution in [0.2, 0.25) is 0 Å². The molecular formula is C22H29FN2O5S. The van der Waals surface area contributed by atoms with Crippen molar-refractivity contribution in [3.8, 4) is 11.5 Å². The number of carbonyl (C=O) groups is 1. The lowest BCUT2D eigenvalue weighted by molar-refractivity contribution is -0.116. The molecule has 7 nitrogen and oxygen atoms in total. The van der Waals surface area contributed by atoms with E-state index in [1.165, 1.54) is 40.7 Å². The average Bonchev–Trinajstić information content (AvgIpc) is 2.74. The van der Waals surface area contributed by atoms with Gasteiger partial charge in [-0.2, -0.15) is 4.31 Å². The predicted octanol–water partition coefficient (Wildman–Crippen LogP) is 4.05. The predicted molar refractivity (Wildman–Crippen MR) is 117 cm³/mol. The van der Waals surface area contributed by atoms with Gasteiger partial charge in [0.05, 0.1) is 23.8 Å². The van der Waals surface area contributed by atoms with E-state index in [9.17, 15) is 17.6 Å². The van der Waals surface area contributed by atoms with Crippen LogP contribution >= 0.6 is 0 Å². The van der Waals surface area contributed by atoms with Crippen LogP contribution in [0.1, 0.15) is 33.6 Å². The number of amides is 1. The van der Waals surface area contributed by atoms with Gasteiger partial charge in [-0.25, -0.2) is 12.8 Å². The molecule has 0 aliphatic heterocycles. The second-order valence-corrected chi connectivity index (χ2v) is 8.57. The van der Waals surface area contributed by atoms with Gasteiger partial charge in [0, 0.05) is 19.5 Å². The Hall–Kier alpha value is -2.65. The standard InChI is InChI=1S/C22H29FN2O5S/c1-4-25(5-2)31(27,28)19-13-14-21(29-6-3)20(16-19)24-22(26)8-7-15-30-18-11-9-17(23)10-12-18/h9-14,16H,4-8,15H2,1-3H3,(H,24,26). The molecule has 0 aliphatic carbocycles. The van der Waals surface area contributed by atoms with E-state index in [1.807, 2.05) is 0 Å².